The van der Waals surface area contributed by atoms with Gasteiger partial charge in [0.2, 0.25) is 0 Å². The van der Waals surface area contributed by atoms with E-state index in [0.717, 1.165) is 21.2 Å². The number of aliphatic imine (C=N–C) groups is 1. The number of thioether (sulfide) groups is 1. The summed E-state index contributed by atoms with van der Waals surface area (Å²) in [5, 5.41) is 13.2. The average molecular weight is 539 g/mol. The first-order chi connectivity index (χ1) is 17.5. The van der Waals surface area contributed by atoms with E-state index >= 15 is 0 Å². The Labute approximate surface area is 222 Å². The molecule has 0 saturated carbocycles. The topological polar surface area (TPSA) is 119 Å². The van der Waals surface area contributed by atoms with Crippen LogP contribution in [0.1, 0.15) is 38.3 Å². The summed E-state index contributed by atoms with van der Waals surface area (Å²) >= 11 is 2.79. The molecule has 0 aliphatic carbocycles. The van der Waals surface area contributed by atoms with Gasteiger partial charge in [0.25, 0.3) is 0 Å². The number of benzene rings is 2. The summed E-state index contributed by atoms with van der Waals surface area (Å²) in [7, 11) is -0.441. The predicted molar refractivity (Wildman–Crippen MR) is 146 cm³/mol. The molecule has 192 valence electrons. The summed E-state index contributed by atoms with van der Waals surface area (Å²) in [5.74, 6) is -0.532. The van der Waals surface area contributed by atoms with E-state index in [2.05, 4.69) is 15.3 Å². The van der Waals surface area contributed by atoms with E-state index < -0.39 is 36.4 Å². The average Bonchev–Trinajstić information content (AvgIpc) is 3.54. The molecule has 2 aromatic carbocycles. The van der Waals surface area contributed by atoms with Gasteiger partial charge in [0, 0.05) is 11.4 Å². The molecular formula is C25H26BN3O6S2. The molecule has 2 aliphatic heterocycles. The van der Waals surface area contributed by atoms with Crippen LogP contribution in [0.25, 0.3) is 10.2 Å². The third kappa shape index (κ3) is 5.38. The highest BCUT2D eigenvalue weighted by Crippen LogP contribution is 2.36. The molecule has 12 heteroatoms. The van der Waals surface area contributed by atoms with Gasteiger partial charge in [-0.1, -0.05) is 24.3 Å². The van der Waals surface area contributed by atoms with Crippen LogP contribution >= 0.6 is 23.1 Å². The van der Waals surface area contributed by atoms with E-state index in [9.17, 15) is 9.59 Å². The number of rotatable bonds is 6. The van der Waals surface area contributed by atoms with Crippen molar-refractivity contribution < 1.29 is 28.7 Å². The third-order valence-corrected chi connectivity index (χ3v) is 8.84. The minimum Gasteiger partial charge on any atom is -0.480 e. The predicted octanol–water partition coefficient (Wildman–Crippen LogP) is 4.29. The standard InChI is InChI=1S/C25H26BN3O6S2/c1-24(2)25(3,4)35-26(34-24)15-7-5-14(6-8-15)12-33-23(32)27-16-9-10-17-19(11-16)37-21(28-17)20-29-18(13-36-20)22(30)31/h5-11,18H,12-13H2,1-4H3,(H,27,32)(H,30,31). The van der Waals surface area contributed by atoms with Gasteiger partial charge in [0.1, 0.15) is 16.7 Å². The second-order valence-corrected chi connectivity index (χ2v) is 11.9. The maximum atomic E-state index is 12.4. The fraction of sp³-hybridized carbons (Fsp3) is 0.360. The molecule has 1 amide bonds. The maximum absolute atomic E-state index is 12.4. The molecule has 2 aliphatic rings. The van der Waals surface area contributed by atoms with Gasteiger partial charge < -0.3 is 19.2 Å². The van der Waals surface area contributed by atoms with Crippen LogP contribution in [0.3, 0.4) is 0 Å². The van der Waals surface area contributed by atoms with Crippen molar-refractivity contribution in [3.05, 3.63) is 53.0 Å². The Balaban J connectivity index is 1.17. The number of carbonyl (C=O) groups is 2. The SMILES string of the molecule is CC1(C)OB(c2ccc(COC(=O)Nc3ccc4nc(C5=NC(C(=O)O)CS5)sc4c3)cc2)OC1(C)C. The zero-order valence-corrected chi connectivity index (χ0v) is 22.4. The van der Waals surface area contributed by atoms with Crippen LogP contribution in [0.15, 0.2) is 47.5 Å². The van der Waals surface area contributed by atoms with Gasteiger partial charge in [-0.3, -0.25) is 10.3 Å². The van der Waals surface area contributed by atoms with Gasteiger partial charge in [0.05, 0.1) is 21.4 Å². The van der Waals surface area contributed by atoms with Crippen molar-refractivity contribution in [2.24, 2.45) is 4.99 Å². The van der Waals surface area contributed by atoms with Gasteiger partial charge >= 0.3 is 19.2 Å². The summed E-state index contributed by atoms with van der Waals surface area (Å²) in [6.07, 6.45) is -0.570. The van der Waals surface area contributed by atoms with Crippen LogP contribution in [0.4, 0.5) is 10.5 Å². The maximum Gasteiger partial charge on any atom is 0.494 e. The Morgan fingerprint density at radius 2 is 1.84 bits per heavy atom. The molecule has 37 heavy (non-hydrogen) atoms. The molecule has 1 fully saturated rings. The number of carboxylic acids is 1. The number of fused-ring (bicyclic) bond motifs is 1. The number of thiazole rings is 1. The van der Waals surface area contributed by atoms with Crippen LogP contribution in [-0.2, 0) is 25.4 Å². The monoisotopic (exact) mass is 539 g/mol. The van der Waals surface area contributed by atoms with E-state index in [-0.39, 0.29) is 6.61 Å². The number of carboxylic acid groups (broad SMARTS) is 1. The highest BCUT2D eigenvalue weighted by molar-refractivity contribution is 8.15. The van der Waals surface area contributed by atoms with Crippen molar-refractivity contribution in [1.29, 1.82) is 0 Å². The highest BCUT2D eigenvalue weighted by atomic mass is 32.2. The molecular weight excluding hydrogens is 513 g/mol. The first-order valence-corrected chi connectivity index (χ1v) is 13.5. The fourth-order valence-corrected chi connectivity index (χ4v) is 5.87. The van der Waals surface area contributed by atoms with Gasteiger partial charge in [-0.15, -0.1) is 23.1 Å². The van der Waals surface area contributed by atoms with Crippen LogP contribution < -0.4 is 10.8 Å². The molecule has 1 saturated heterocycles. The first-order valence-electron chi connectivity index (χ1n) is 11.7. The van der Waals surface area contributed by atoms with Crippen LogP contribution in [0.5, 0.6) is 0 Å². The molecule has 1 unspecified atom stereocenters. The molecule has 0 bridgehead atoms. The molecule has 0 radical (unpaired) electrons. The van der Waals surface area contributed by atoms with Gasteiger partial charge in [0.15, 0.2) is 6.04 Å². The highest BCUT2D eigenvalue weighted by Gasteiger charge is 2.51. The number of carbonyl (C=O) groups excluding carboxylic acids is 1. The number of anilines is 1. The number of nitrogens with one attached hydrogen (secondary N) is 1. The van der Waals surface area contributed by atoms with Gasteiger partial charge in [-0.05, 0) is 56.9 Å². The first kappa shape index (κ1) is 25.7. The number of ether oxygens (including phenoxy) is 1. The second kappa shape index (κ2) is 9.75. The molecule has 5 rings (SSSR count). The minimum absolute atomic E-state index is 0.115. The molecule has 3 aromatic rings. The fourth-order valence-electron chi connectivity index (χ4n) is 3.76. The van der Waals surface area contributed by atoms with Crippen molar-refractivity contribution in [3.8, 4) is 0 Å². The Hall–Kier alpha value is -2.93. The molecule has 1 atom stereocenters. The number of nitrogens with zero attached hydrogens (tertiary/aromatic N) is 2. The normalized spacial score (nSPS) is 20.2. The largest absolute Gasteiger partial charge is 0.494 e. The lowest BCUT2D eigenvalue weighted by Gasteiger charge is -2.32. The number of aromatic nitrogens is 1. The van der Waals surface area contributed by atoms with Gasteiger partial charge in [-0.25, -0.2) is 14.6 Å². The van der Waals surface area contributed by atoms with Crippen molar-refractivity contribution in [3.63, 3.8) is 0 Å². The Morgan fingerprint density at radius 1 is 1.14 bits per heavy atom. The van der Waals surface area contributed by atoms with Crippen LogP contribution in [-0.4, -0.2) is 57.3 Å². The number of hydrogen-bond acceptors (Lipinski definition) is 9. The lowest BCUT2D eigenvalue weighted by Crippen LogP contribution is -2.41. The number of hydrogen-bond donors (Lipinski definition) is 2. The summed E-state index contributed by atoms with van der Waals surface area (Å²) < 4.78 is 18.4. The van der Waals surface area contributed by atoms with Gasteiger partial charge in [-0.2, -0.15) is 0 Å². The molecule has 3 heterocycles. The molecule has 1 aromatic heterocycles. The lowest BCUT2D eigenvalue weighted by atomic mass is 9.79. The summed E-state index contributed by atoms with van der Waals surface area (Å²) in [6.45, 7) is 8.17. The minimum atomic E-state index is -0.936. The number of amides is 1. The van der Waals surface area contributed by atoms with Crippen LogP contribution in [0, 0.1) is 0 Å². The summed E-state index contributed by atoms with van der Waals surface area (Å²) in [5.41, 5.74) is 2.26. The number of aliphatic carboxylic acids is 1. The molecule has 2 N–H and O–H groups in total. The van der Waals surface area contributed by atoms with E-state index in [0.29, 0.717) is 21.5 Å². The zero-order chi connectivity index (χ0) is 26.4. The van der Waals surface area contributed by atoms with E-state index in [1.54, 1.807) is 12.1 Å². The lowest BCUT2D eigenvalue weighted by molar-refractivity contribution is -0.137. The second-order valence-electron chi connectivity index (χ2n) is 9.83. The van der Waals surface area contributed by atoms with E-state index in [1.807, 2.05) is 58.0 Å². The molecule has 9 nitrogen and oxygen atoms in total. The van der Waals surface area contributed by atoms with Crippen molar-refractivity contribution in [2.45, 2.75) is 51.5 Å². The quantitative estimate of drug-likeness (QED) is 0.446. The van der Waals surface area contributed by atoms with Crippen LogP contribution in [0.2, 0.25) is 0 Å². The van der Waals surface area contributed by atoms with Crippen molar-refractivity contribution >= 4 is 68.7 Å². The third-order valence-electron chi connectivity index (χ3n) is 6.63. The van der Waals surface area contributed by atoms with Crippen molar-refractivity contribution in [2.75, 3.05) is 11.1 Å². The smallest absolute Gasteiger partial charge is 0.480 e. The molecule has 0 spiro atoms. The van der Waals surface area contributed by atoms with E-state index in [4.69, 9.17) is 19.2 Å². The Kier molecular flexibility index (Phi) is 6.78. The Morgan fingerprint density at radius 3 is 2.49 bits per heavy atom. The Bertz CT molecular complexity index is 1370. The zero-order valence-electron chi connectivity index (χ0n) is 20.8. The summed E-state index contributed by atoms with van der Waals surface area (Å²) in [4.78, 5) is 32.3. The van der Waals surface area contributed by atoms with Crippen molar-refractivity contribution in [1.82, 2.24) is 4.98 Å². The summed E-state index contributed by atoms with van der Waals surface area (Å²) in [6, 6.07) is 12.2. The van der Waals surface area contributed by atoms with E-state index in [1.165, 1.54) is 23.1 Å².